The third-order valence-corrected chi connectivity index (χ3v) is 3.29. The van der Waals surface area contributed by atoms with Crippen LogP contribution in [0.5, 0.6) is 5.75 Å². The largest absolute Gasteiger partial charge is 0.497 e. The molecule has 2 rings (SSSR count). The van der Waals surface area contributed by atoms with Crippen molar-refractivity contribution in [2.75, 3.05) is 7.11 Å². The number of rotatable bonds is 4. The first kappa shape index (κ1) is 14.7. The molecular weight excluding hydrogens is 286 g/mol. The molecule has 0 spiro atoms. The quantitative estimate of drug-likeness (QED) is 0.673. The number of hydrogen-bond acceptors (Lipinski definition) is 3. The number of halogens is 3. The van der Waals surface area contributed by atoms with Gasteiger partial charge in [0.1, 0.15) is 17.4 Å². The molecule has 0 saturated heterocycles. The average Bonchev–Trinajstić information content (AvgIpc) is 2.43. The molecule has 0 fully saturated rings. The zero-order valence-corrected chi connectivity index (χ0v) is 11.4. The normalized spacial score (nSPS) is 12.2. The highest BCUT2D eigenvalue weighted by Crippen LogP contribution is 2.31. The van der Waals surface area contributed by atoms with Crippen LogP contribution in [-0.4, -0.2) is 7.11 Å². The smallest absolute Gasteiger partial charge is 0.132 e. The number of hydrazine groups is 1. The molecule has 0 amide bonds. The second kappa shape index (κ2) is 6.17. The van der Waals surface area contributed by atoms with Gasteiger partial charge in [0.05, 0.1) is 13.2 Å². The zero-order chi connectivity index (χ0) is 14.7. The van der Waals surface area contributed by atoms with Gasteiger partial charge < -0.3 is 4.74 Å². The van der Waals surface area contributed by atoms with Crippen molar-refractivity contribution in [2.45, 2.75) is 6.04 Å². The highest BCUT2D eigenvalue weighted by atomic mass is 35.5. The first-order valence-electron chi connectivity index (χ1n) is 5.81. The van der Waals surface area contributed by atoms with Crippen LogP contribution in [-0.2, 0) is 0 Å². The predicted molar refractivity (Wildman–Crippen MR) is 73.5 cm³/mol. The van der Waals surface area contributed by atoms with E-state index in [1.165, 1.54) is 25.3 Å². The molecule has 2 aromatic carbocycles. The minimum atomic E-state index is -0.686. The van der Waals surface area contributed by atoms with E-state index in [2.05, 4.69) is 5.43 Å². The van der Waals surface area contributed by atoms with Crippen LogP contribution in [0.3, 0.4) is 0 Å². The van der Waals surface area contributed by atoms with Gasteiger partial charge in [0, 0.05) is 16.7 Å². The SMILES string of the molecule is COc1ccc(C(NN)c2ccc(F)cc2Cl)c(F)c1. The Bertz CT molecular complexity index is 622. The first-order valence-corrected chi connectivity index (χ1v) is 6.19. The summed E-state index contributed by atoms with van der Waals surface area (Å²) < 4.78 is 32.1. The van der Waals surface area contributed by atoms with Crippen molar-refractivity contribution in [2.24, 2.45) is 5.84 Å². The van der Waals surface area contributed by atoms with Gasteiger partial charge in [0.25, 0.3) is 0 Å². The van der Waals surface area contributed by atoms with Crippen molar-refractivity contribution in [3.63, 3.8) is 0 Å². The van der Waals surface area contributed by atoms with Crippen LogP contribution in [0.25, 0.3) is 0 Å². The molecule has 0 radical (unpaired) electrons. The molecule has 3 nitrogen and oxygen atoms in total. The molecule has 1 unspecified atom stereocenters. The number of benzene rings is 2. The summed E-state index contributed by atoms with van der Waals surface area (Å²) in [6.07, 6.45) is 0. The van der Waals surface area contributed by atoms with Crippen molar-refractivity contribution in [1.82, 2.24) is 5.43 Å². The van der Waals surface area contributed by atoms with Crippen LogP contribution < -0.4 is 16.0 Å². The van der Waals surface area contributed by atoms with E-state index in [0.717, 1.165) is 6.07 Å². The van der Waals surface area contributed by atoms with Gasteiger partial charge in [-0.3, -0.25) is 5.84 Å². The van der Waals surface area contributed by atoms with Crippen molar-refractivity contribution < 1.29 is 13.5 Å². The monoisotopic (exact) mass is 298 g/mol. The fourth-order valence-corrected chi connectivity index (χ4v) is 2.23. The minimum absolute atomic E-state index is 0.170. The summed E-state index contributed by atoms with van der Waals surface area (Å²) in [5.74, 6) is 4.92. The van der Waals surface area contributed by atoms with Gasteiger partial charge in [-0.1, -0.05) is 23.7 Å². The van der Waals surface area contributed by atoms with E-state index in [-0.39, 0.29) is 5.02 Å². The second-order valence-corrected chi connectivity index (χ2v) is 4.56. The van der Waals surface area contributed by atoms with Gasteiger partial charge in [-0.15, -0.1) is 0 Å². The number of nitrogens with two attached hydrogens (primary N) is 1. The average molecular weight is 299 g/mol. The maximum atomic E-state index is 14.1. The maximum Gasteiger partial charge on any atom is 0.132 e. The van der Waals surface area contributed by atoms with Crippen molar-refractivity contribution >= 4 is 11.6 Å². The van der Waals surface area contributed by atoms with Crippen LogP contribution >= 0.6 is 11.6 Å². The summed E-state index contributed by atoms with van der Waals surface area (Å²) in [6.45, 7) is 0. The third kappa shape index (κ3) is 2.90. The standard InChI is InChI=1S/C14H13ClF2N2O/c1-20-9-3-5-11(13(17)7-9)14(19-18)10-4-2-8(16)6-12(10)15/h2-7,14,19H,18H2,1H3. The van der Waals surface area contributed by atoms with E-state index < -0.39 is 17.7 Å². The Balaban J connectivity index is 2.47. The van der Waals surface area contributed by atoms with Gasteiger partial charge in [-0.05, 0) is 23.8 Å². The lowest BCUT2D eigenvalue weighted by atomic mass is 9.98. The highest BCUT2D eigenvalue weighted by Gasteiger charge is 2.20. The third-order valence-electron chi connectivity index (χ3n) is 2.96. The maximum absolute atomic E-state index is 14.1. The van der Waals surface area contributed by atoms with Crippen LogP contribution in [0.15, 0.2) is 36.4 Å². The zero-order valence-electron chi connectivity index (χ0n) is 10.7. The first-order chi connectivity index (χ1) is 9.56. The number of hydrogen-bond donors (Lipinski definition) is 2. The molecular formula is C14H13ClF2N2O. The molecule has 2 aromatic rings. The molecule has 0 saturated carbocycles. The molecule has 0 aliphatic carbocycles. The summed E-state index contributed by atoms with van der Waals surface area (Å²) in [7, 11) is 1.45. The summed E-state index contributed by atoms with van der Waals surface area (Å²) in [4.78, 5) is 0. The number of methoxy groups -OCH3 is 1. The van der Waals surface area contributed by atoms with E-state index in [0.29, 0.717) is 16.9 Å². The molecule has 6 heteroatoms. The number of nitrogens with one attached hydrogen (secondary N) is 1. The van der Waals surface area contributed by atoms with E-state index in [9.17, 15) is 8.78 Å². The van der Waals surface area contributed by atoms with Crippen LogP contribution in [0, 0.1) is 11.6 Å². The lowest BCUT2D eigenvalue weighted by Gasteiger charge is -2.19. The Morgan fingerprint density at radius 1 is 1.15 bits per heavy atom. The highest BCUT2D eigenvalue weighted by molar-refractivity contribution is 6.31. The molecule has 20 heavy (non-hydrogen) atoms. The topological polar surface area (TPSA) is 47.3 Å². The van der Waals surface area contributed by atoms with Gasteiger partial charge in [-0.25, -0.2) is 14.2 Å². The van der Waals surface area contributed by atoms with Crippen LogP contribution in [0.2, 0.25) is 5.02 Å². The lowest BCUT2D eigenvalue weighted by Crippen LogP contribution is -2.29. The number of ether oxygens (including phenoxy) is 1. The second-order valence-electron chi connectivity index (χ2n) is 4.15. The minimum Gasteiger partial charge on any atom is -0.497 e. The van der Waals surface area contributed by atoms with Gasteiger partial charge in [0.2, 0.25) is 0 Å². The summed E-state index contributed by atoms with van der Waals surface area (Å²) in [5.41, 5.74) is 3.26. The van der Waals surface area contributed by atoms with Gasteiger partial charge in [0.15, 0.2) is 0 Å². The Morgan fingerprint density at radius 3 is 2.40 bits per heavy atom. The van der Waals surface area contributed by atoms with E-state index in [1.807, 2.05) is 0 Å². The molecule has 0 heterocycles. The van der Waals surface area contributed by atoms with E-state index >= 15 is 0 Å². The Morgan fingerprint density at radius 2 is 1.85 bits per heavy atom. The molecule has 1 atom stereocenters. The van der Waals surface area contributed by atoms with Gasteiger partial charge >= 0.3 is 0 Å². The summed E-state index contributed by atoms with van der Waals surface area (Å²) in [5, 5.41) is 0.170. The van der Waals surface area contributed by atoms with Gasteiger partial charge in [-0.2, -0.15) is 0 Å². The molecule has 3 N–H and O–H groups in total. The Hall–Kier alpha value is -1.69. The summed E-state index contributed by atoms with van der Waals surface area (Å²) >= 11 is 5.98. The predicted octanol–water partition coefficient (Wildman–Crippen LogP) is 3.18. The molecule has 0 aliphatic rings. The fourth-order valence-electron chi connectivity index (χ4n) is 1.95. The van der Waals surface area contributed by atoms with Crippen LogP contribution in [0.1, 0.15) is 17.2 Å². The Labute approximate surface area is 120 Å². The van der Waals surface area contributed by atoms with Crippen LogP contribution in [0.4, 0.5) is 8.78 Å². The fraction of sp³-hybridized carbons (Fsp3) is 0.143. The van der Waals surface area contributed by atoms with E-state index in [4.69, 9.17) is 22.2 Å². The Kier molecular flexibility index (Phi) is 4.54. The van der Waals surface area contributed by atoms with E-state index in [1.54, 1.807) is 12.1 Å². The molecule has 0 bridgehead atoms. The lowest BCUT2D eigenvalue weighted by molar-refractivity contribution is 0.410. The van der Waals surface area contributed by atoms with Crippen molar-refractivity contribution in [3.8, 4) is 5.75 Å². The van der Waals surface area contributed by atoms with Crippen molar-refractivity contribution in [1.29, 1.82) is 0 Å². The molecule has 106 valence electrons. The summed E-state index contributed by atoms with van der Waals surface area (Å²) in [6, 6.07) is 7.57. The molecule has 0 aliphatic heterocycles. The molecule has 0 aromatic heterocycles. The van der Waals surface area contributed by atoms with Crippen molar-refractivity contribution in [3.05, 3.63) is 64.2 Å².